The van der Waals surface area contributed by atoms with E-state index in [2.05, 4.69) is 0 Å². The van der Waals surface area contributed by atoms with E-state index >= 15 is 0 Å². The van der Waals surface area contributed by atoms with Gasteiger partial charge >= 0.3 is 39.3 Å². The van der Waals surface area contributed by atoms with Gasteiger partial charge in [0.25, 0.3) is 0 Å². The summed E-state index contributed by atoms with van der Waals surface area (Å²) in [5.41, 5.74) is 0. The van der Waals surface area contributed by atoms with Crippen LogP contribution in [0, 0.1) is 0 Å². The number of halogens is 3. The third-order valence-corrected chi connectivity index (χ3v) is 0.958. The van der Waals surface area contributed by atoms with Crippen molar-refractivity contribution >= 4 is 0 Å². The molecule has 0 aliphatic rings. The van der Waals surface area contributed by atoms with E-state index in [4.69, 9.17) is 0 Å². The van der Waals surface area contributed by atoms with E-state index in [-0.39, 0.29) is 0 Å². The summed E-state index contributed by atoms with van der Waals surface area (Å²) in [5, 5.41) is 0. The zero-order chi connectivity index (χ0) is 4.12. The molecule has 0 heterocycles. The molecule has 0 aromatic heterocycles. The van der Waals surface area contributed by atoms with Crippen molar-refractivity contribution in [1.82, 2.24) is 0 Å². The number of rotatable bonds is 2. The van der Waals surface area contributed by atoms with Crippen molar-refractivity contribution in [2.45, 2.75) is 0 Å². The van der Waals surface area contributed by atoms with Crippen LogP contribution in [0.15, 0.2) is 0 Å². The molecule has 0 atom stereocenters. The molecule has 0 unspecified atom stereocenters. The summed E-state index contributed by atoms with van der Waals surface area (Å²) in [6.45, 7) is 0. The quantitative estimate of drug-likeness (QED) is 0.349. The number of hydrogen-bond acceptors (Lipinski definition) is 0. The van der Waals surface area contributed by atoms with Crippen LogP contribution in [0.3, 0.4) is 0 Å². The third kappa shape index (κ3) is 4.59. The molecule has 0 fully saturated rings. The fourth-order valence-electron chi connectivity index (χ4n) is 0.0270. The SMILES string of the molecule is FC[I-]CF. The van der Waals surface area contributed by atoms with Gasteiger partial charge in [0.2, 0.25) is 0 Å². The molecule has 0 spiro atoms. The Balaban J connectivity index is 2.19. The fraction of sp³-hybridized carbons (Fsp3) is 1.00. The molecule has 0 aromatic rings. The molecule has 5 heavy (non-hydrogen) atoms. The zero-order valence-corrected chi connectivity index (χ0v) is 4.71. The van der Waals surface area contributed by atoms with E-state index in [0.29, 0.717) is 0 Å². The van der Waals surface area contributed by atoms with Crippen LogP contribution in [0.2, 0.25) is 0 Å². The van der Waals surface area contributed by atoms with Gasteiger partial charge in [-0.15, -0.1) is 0 Å². The fourth-order valence-corrected chi connectivity index (χ4v) is 0.181. The molecule has 34 valence electrons. The zero-order valence-electron chi connectivity index (χ0n) is 2.55. The molecule has 0 bridgehead atoms. The molecule has 3 heteroatoms. The van der Waals surface area contributed by atoms with Crippen LogP contribution in [0.1, 0.15) is 0 Å². The molecular formula is C2H4F2I-. The summed E-state index contributed by atoms with van der Waals surface area (Å²) in [4.78, 5) is 0. The van der Waals surface area contributed by atoms with Crippen molar-refractivity contribution in [2.24, 2.45) is 0 Å². The van der Waals surface area contributed by atoms with Crippen molar-refractivity contribution in [3.8, 4) is 0 Å². The van der Waals surface area contributed by atoms with Crippen LogP contribution in [0.25, 0.3) is 0 Å². The average Bonchev–Trinajstić information content (AvgIpc) is 1.41. The third-order valence-electron chi connectivity index (χ3n) is 0.143. The van der Waals surface area contributed by atoms with Crippen LogP contribution in [-0.2, 0) is 0 Å². The first-order valence-electron chi connectivity index (χ1n) is 1.07. The van der Waals surface area contributed by atoms with E-state index in [1.807, 2.05) is 0 Å². The Kier molecular flexibility index (Phi) is 5.13. The summed E-state index contributed by atoms with van der Waals surface area (Å²) in [7, 11) is 0. The van der Waals surface area contributed by atoms with Gasteiger partial charge in [-0.2, -0.15) is 0 Å². The van der Waals surface area contributed by atoms with Crippen molar-refractivity contribution in [3.63, 3.8) is 0 Å². The van der Waals surface area contributed by atoms with Crippen molar-refractivity contribution in [2.75, 3.05) is 9.36 Å². The number of hydrogen-bond donors (Lipinski definition) is 0. The van der Waals surface area contributed by atoms with Gasteiger partial charge in [-0.25, -0.2) is 0 Å². The summed E-state index contributed by atoms with van der Waals surface area (Å²) in [6.07, 6.45) is 0. The molecule has 0 aliphatic heterocycles. The van der Waals surface area contributed by atoms with Gasteiger partial charge in [-0.1, -0.05) is 0 Å². The van der Waals surface area contributed by atoms with Crippen molar-refractivity contribution in [3.05, 3.63) is 0 Å². The molecule has 0 aromatic carbocycles. The molecule has 0 amide bonds. The Morgan fingerprint density at radius 1 is 1.20 bits per heavy atom. The summed E-state index contributed by atoms with van der Waals surface area (Å²) < 4.78 is 20.8. The molecule has 0 nitrogen and oxygen atoms in total. The molecule has 0 N–H and O–H groups in total. The first-order valence-corrected chi connectivity index (χ1v) is 4.12. The van der Waals surface area contributed by atoms with Crippen LogP contribution in [0.5, 0.6) is 0 Å². The second-order valence-corrected chi connectivity index (χ2v) is 2.62. The maximum atomic E-state index is 10.8. The Hall–Kier alpha value is 0.590. The Labute approximate surface area is 39.8 Å². The predicted octanol–water partition coefficient (Wildman–Crippen LogP) is -2.07. The Morgan fingerprint density at radius 3 is 1.60 bits per heavy atom. The summed E-state index contributed by atoms with van der Waals surface area (Å²) in [6, 6.07) is 0. The van der Waals surface area contributed by atoms with Crippen LogP contribution < -0.4 is 21.2 Å². The van der Waals surface area contributed by atoms with Crippen LogP contribution in [-0.4, -0.2) is 9.36 Å². The topological polar surface area (TPSA) is 0 Å². The van der Waals surface area contributed by atoms with E-state index in [0.717, 1.165) is 0 Å². The molecule has 0 radical (unpaired) electrons. The number of alkyl halides is 4. The Bertz CT molecular complexity index is 15.1. The van der Waals surface area contributed by atoms with E-state index in [1.165, 1.54) is 0 Å². The predicted molar refractivity (Wildman–Crippen MR) is 12.0 cm³/mol. The molecule has 0 saturated carbocycles. The van der Waals surface area contributed by atoms with Gasteiger partial charge in [0.1, 0.15) is 0 Å². The van der Waals surface area contributed by atoms with Crippen LogP contribution >= 0.6 is 0 Å². The minimum absolute atomic E-state index is 0.421. The second kappa shape index (κ2) is 4.59. The molecule has 0 rings (SSSR count). The van der Waals surface area contributed by atoms with Gasteiger partial charge < -0.3 is 0 Å². The molecule has 0 saturated heterocycles. The van der Waals surface area contributed by atoms with E-state index < -0.39 is 30.6 Å². The first-order chi connectivity index (χ1) is 2.41. The summed E-state index contributed by atoms with van der Waals surface area (Å²) >= 11 is -0.702. The molecule has 0 aliphatic carbocycles. The normalized spacial score (nSPS) is 9.20. The van der Waals surface area contributed by atoms with E-state index in [9.17, 15) is 8.78 Å². The maximum absolute atomic E-state index is 10.8. The van der Waals surface area contributed by atoms with E-state index in [1.54, 1.807) is 0 Å². The Morgan fingerprint density at radius 2 is 1.60 bits per heavy atom. The van der Waals surface area contributed by atoms with Gasteiger partial charge in [-0.05, 0) is 0 Å². The van der Waals surface area contributed by atoms with Crippen LogP contribution in [0.4, 0.5) is 8.78 Å². The van der Waals surface area contributed by atoms with Gasteiger partial charge in [-0.3, -0.25) is 0 Å². The second-order valence-electron chi connectivity index (χ2n) is 0.391. The van der Waals surface area contributed by atoms with Crippen molar-refractivity contribution < 1.29 is 30.0 Å². The summed E-state index contributed by atoms with van der Waals surface area (Å²) in [5.74, 6) is 0. The van der Waals surface area contributed by atoms with Gasteiger partial charge in [0.05, 0.1) is 0 Å². The monoisotopic (exact) mass is 193 g/mol. The first kappa shape index (κ1) is 5.59. The van der Waals surface area contributed by atoms with Crippen molar-refractivity contribution in [1.29, 1.82) is 0 Å². The van der Waals surface area contributed by atoms with Gasteiger partial charge in [0.15, 0.2) is 0 Å². The van der Waals surface area contributed by atoms with Gasteiger partial charge in [0, 0.05) is 0 Å². The molecular weight excluding hydrogens is 189 g/mol. The average molecular weight is 193 g/mol. The minimum atomic E-state index is -0.702. The standard InChI is InChI=1S/C2H4F2I/c3-1-5-2-4/h1-2H2/q-1.